The predicted molar refractivity (Wildman–Crippen MR) is 121 cm³/mol. The lowest BCUT2D eigenvalue weighted by atomic mass is 9.91. The van der Waals surface area contributed by atoms with Gasteiger partial charge in [0.05, 0.1) is 5.75 Å². The largest absolute Gasteiger partial charge is 0.361 e. The molecule has 0 aliphatic heterocycles. The van der Waals surface area contributed by atoms with E-state index in [0.717, 1.165) is 10.7 Å². The van der Waals surface area contributed by atoms with Crippen molar-refractivity contribution in [2.45, 2.75) is 31.0 Å². The fourth-order valence-electron chi connectivity index (χ4n) is 3.56. The zero-order valence-corrected chi connectivity index (χ0v) is 17.9. The number of carbonyl (C=O) groups is 1. The van der Waals surface area contributed by atoms with Gasteiger partial charge in [-0.05, 0) is 31.0 Å². The lowest BCUT2D eigenvalue weighted by molar-refractivity contribution is -0.118. The average molecular weight is 420 g/mol. The van der Waals surface area contributed by atoms with Gasteiger partial charge in [-0.3, -0.25) is 4.79 Å². The summed E-state index contributed by atoms with van der Waals surface area (Å²) in [5.74, 6) is 0.357. The molecule has 1 amide bonds. The molecule has 0 fully saturated rings. The summed E-state index contributed by atoms with van der Waals surface area (Å²) >= 11 is 1.41. The molecule has 0 aliphatic carbocycles. The molecule has 1 atom stereocenters. The van der Waals surface area contributed by atoms with E-state index in [1.807, 2.05) is 41.1 Å². The Labute approximate surface area is 180 Å². The minimum absolute atomic E-state index is 0.0147. The van der Waals surface area contributed by atoms with Gasteiger partial charge in [0.15, 0.2) is 5.16 Å². The number of nitrogens with zero attached hydrogens (tertiary/aromatic N) is 3. The maximum atomic E-state index is 12.6. The Bertz CT molecular complexity index is 1120. The van der Waals surface area contributed by atoms with Crippen LogP contribution in [0.25, 0.3) is 10.9 Å². The van der Waals surface area contributed by atoms with Gasteiger partial charge < -0.3 is 14.9 Å². The summed E-state index contributed by atoms with van der Waals surface area (Å²) in [4.78, 5) is 15.9. The molecule has 1 unspecified atom stereocenters. The molecular formula is C23H25N5OS. The predicted octanol–water partition coefficient (Wildman–Crippen LogP) is 4.38. The normalized spacial score (nSPS) is 12.4. The first kappa shape index (κ1) is 20.2. The van der Waals surface area contributed by atoms with Crippen molar-refractivity contribution in [3.05, 3.63) is 78.2 Å². The number of H-pyrrole nitrogens is 1. The summed E-state index contributed by atoms with van der Waals surface area (Å²) in [5.41, 5.74) is 3.46. The average Bonchev–Trinajstić information content (AvgIpc) is 3.41. The van der Waals surface area contributed by atoms with E-state index in [2.05, 4.69) is 58.6 Å². The number of nitrogens with one attached hydrogen (secondary N) is 2. The fourth-order valence-corrected chi connectivity index (χ4v) is 4.44. The third-order valence-electron chi connectivity index (χ3n) is 5.13. The second-order valence-electron chi connectivity index (χ2n) is 7.46. The van der Waals surface area contributed by atoms with Crippen molar-refractivity contribution in [1.82, 2.24) is 25.1 Å². The van der Waals surface area contributed by atoms with E-state index in [1.54, 1.807) is 6.33 Å². The van der Waals surface area contributed by atoms with Gasteiger partial charge in [0.1, 0.15) is 6.33 Å². The number of aromatic amines is 1. The molecule has 6 nitrogen and oxygen atoms in total. The van der Waals surface area contributed by atoms with Gasteiger partial charge in [-0.25, -0.2) is 0 Å². The molecule has 154 valence electrons. The number of carbonyl (C=O) groups excluding carboxylic acids is 1. The number of thioether (sulfide) groups is 1. The molecule has 2 N–H and O–H groups in total. The molecule has 0 aliphatic rings. The molecule has 4 aromatic rings. The number of hydrogen-bond donors (Lipinski definition) is 2. The van der Waals surface area contributed by atoms with Crippen LogP contribution in [0.1, 0.15) is 36.9 Å². The van der Waals surface area contributed by atoms with Gasteiger partial charge in [0, 0.05) is 35.6 Å². The van der Waals surface area contributed by atoms with E-state index >= 15 is 0 Å². The van der Waals surface area contributed by atoms with Crippen molar-refractivity contribution in [1.29, 1.82) is 0 Å². The summed E-state index contributed by atoms with van der Waals surface area (Å²) in [6.45, 7) is 4.67. The first-order chi connectivity index (χ1) is 14.6. The van der Waals surface area contributed by atoms with Crippen molar-refractivity contribution in [2.24, 2.45) is 0 Å². The second kappa shape index (κ2) is 9.17. The summed E-state index contributed by atoms with van der Waals surface area (Å²) in [6, 6.07) is 18.8. The van der Waals surface area contributed by atoms with Gasteiger partial charge in [-0.1, -0.05) is 60.3 Å². The van der Waals surface area contributed by atoms with Crippen molar-refractivity contribution < 1.29 is 4.79 Å². The quantitative estimate of drug-likeness (QED) is 0.416. The van der Waals surface area contributed by atoms with Crippen LogP contribution in [-0.4, -0.2) is 38.0 Å². The lowest BCUT2D eigenvalue weighted by Crippen LogP contribution is -2.30. The van der Waals surface area contributed by atoms with Gasteiger partial charge in [-0.2, -0.15) is 0 Å². The molecule has 2 aromatic heterocycles. The fraction of sp³-hybridized carbons (Fsp3) is 0.261. The Morgan fingerprint density at radius 3 is 2.70 bits per heavy atom. The SMILES string of the molecule is CC(C)n1cnnc1SCC(=O)NCC(c1ccccc1)c1c[nH]c2ccccc12. The van der Waals surface area contributed by atoms with Crippen LogP contribution in [0.4, 0.5) is 0 Å². The highest BCUT2D eigenvalue weighted by molar-refractivity contribution is 7.99. The van der Waals surface area contributed by atoms with Crippen LogP contribution < -0.4 is 5.32 Å². The van der Waals surface area contributed by atoms with Crippen LogP contribution >= 0.6 is 11.8 Å². The first-order valence-corrected chi connectivity index (χ1v) is 11.0. The molecule has 2 heterocycles. The molecular weight excluding hydrogens is 394 g/mol. The standard InChI is InChI=1S/C23H25N5OS/c1-16(2)28-15-26-27-23(28)30-14-22(29)25-12-19(17-8-4-3-5-9-17)20-13-24-21-11-7-6-10-18(20)21/h3-11,13,15-16,19,24H,12,14H2,1-2H3,(H,25,29). The minimum atomic E-state index is -0.0147. The van der Waals surface area contributed by atoms with Crippen LogP contribution in [0.2, 0.25) is 0 Å². The van der Waals surface area contributed by atoms with E-state index in [4.69, 9.17) is 0 Å². The highest BCUT2D eigenvalue weighted by atomic mass is 32.2. The van der Waals surface area contributed by atoms with E-state index < -0.39 is 0 Å². The molecule has 0 radical (unpaired) electrons. The minimum Gasteiger partial charge on any atom is -0.361 e. The van der Waals surface area contributed by atoms with Crippen molar-refractivity contribution in [3.8, 4) is 0 Å². The molecule has 0 bridgehead atoms. The summed E-state index contributed by atoms with van der Waals surface area (Å²) in [7, 11) is 0. The molecule has 2 aromatic carbocycles. The number of hydrogen-bond acceptors (Lipinski definition) is 4. The van der Waals surface area contributed by atoms with E-state index in [0.29, 0.717) is 12.3 Å². The molecule has 0 saturated carbocycles. The van der Waals surface area contributed by atoms with Gasteiger partial charge in [0.25, 0.3) is 0 Å². The number of benzene rings is 2. The molecule has 7 heteroatoms. The molecule has 0 saturated heterocycles. The highest BCUT2D eigenvalue weighted by Crippen LogP contribution is 2.30. The maximum Gasteiger partial charge on any atom is 0.230 e. The van der Waals surface area contributed by atoms with E-state index in [1.165, 1.54) is 28.3 Å². The van der Waals surface area contributed by atoms with Crippen LogP contribution in [0, 0.1) is 0 Å². The Kier molecular flexibility index (Phi) is 6.18. The van der Waals surface area contributed by atoms with Crippen molar-refractivity contribution in [3.63, 3.8) is 0 Å². The van der Waals surface area contributed by atoms with Gasteiger partial charge >= 0.3 is 0 Å². The smallest absolute Gasteiger partial charge is 0.230 e. The topological polar surface area (TPSA) is 75.6 Å². The van der Waals surface area contributed by atoms with E-state index in [9.17, 15) is 4.79 Å². The van der Waals surface area contributed by atoms with Crippen LogP contribution in [-0.2, 0) is 4.79 Å². The molecule has 4 rings (SSSR count). The van der Waals surface area contributed by atoms with Crippen LogP contribution in [0.15, 0.2) is 72.3 Å². The number of para-hydroxylation sites is 1. The molecule has 30 heavy (non-hydrogen) atoms. The zero-order valence-electron chi connectivity index (χ0n) is 17.1. The summed E-state index contributed by atoms with van der Waals surface area (Å²) < 4.78 is 1.97. The summed E-state index contributed by atoms with van der Waals surface area (Å²) in [6.07, 6.45) is 3.75. The zero-order chi connectivity index (χ0) is 20.9. The van der Waals surface area contributed by atoms with E-state index in [-0.39, 0.29) is 17.9 Å². The Morgan fingerprint density at radius 2 is 1.90 bits per heavy atom. The van der Waals surface area contributed by atoms with Crippen molar-refractivity contribution in [2.75, 3.05) is 12.3 Å². The first-order valence-electron chi connectivity index (χ1n) is 10.0. The Balaban J connectivity index is 1.47. The van der Waals surface area contributed by atoms with Gasteiger partial charge in [0.2, 0.25) is 5.91 Å². The monoisotopic (exact) mass is 419 g/mol. The molecule has 0 spiro atoms. The van der Waals surface area contributed by atoms with Crippen LogP contribution in [0.5, 0.6) is 0 Å². The third-order valence-corrected chi connectivity index (χ3v) is 6.09. The number of rotatable bonds is 8. The maximum absolute atomic E-state index is 12.6. The number of aromatic nitrogens is 4. The Hall–Kier alpha value is -3.06. The number of fused-ring (bicyclic) bond motifs is 1. The Morgan fingerprint density at radius 1 is 1.13 bits per heavy atom. The van der Waals surface area contributed by atoms with Gasteiger partial charge in [-0.15, -0.1) is 10.2 Å². The summed E-state index contributed by atoms with van der Waals surface area (Å²) in [5, 5.41) is 13.1. The second-order valence-corrected chi connectivity index (χ2v) is 8.40. The van der Waals surface area contributed by atoms with Crippen molar-refractivity contribution >= 4 is 28.6 Å². The van der Waals surface area contributed by atoms with Crippen LogP contribution in [0.3, 0.4) is 0 Å². The lowest BCUT2D eigenvalue weighted by Gasteiger charge is -2.18. The third kappa shape index (κ3) is 4.41. The number of amides is 1. The highest BCUT2D eigenvalue weighted by Gasteiger charge is 2.19.